The van der Waals surface area contributed by atoms with Crippen LogP contribution in [0.15, 0.2) is 46.8 Å². The lowest BCUT2D eigenvalue weighted by molar-refractivity contribution is 0.443. The minimum Gasteiger partial charge on any atom is -0.409 e. The molecule has 0 atom stereocenters. The third kappa shape index (κ3) is 2.72. The van der Waals surface area contributed by atoms with E-state index >= 15 is 0 Å². The molecule has 0 aromatic heterocycles. The van der Waals surface area contributed by atoms with Crippen LogP contribution in [0.4, 0.5) is 0 Å². The van der Waals surface area contributed by atoms with Crippen LogP contribution in [-0.4, -0.2) is 0 Å². The Bertz CT molecular complexity index is 577. The van der Waals surface area contributed by atoms with Gasteiger partial charge < -0.3 is 9.05 Å². The number of rotatable bonds is 2. The fourth-order valence-electron chi connectivity index (χ4n) is 2.22. The summed E-state index contributed by atoms with van der Waals surface area (Å²) < 4.78 is 23.3. The molecule has 1 aliphatic heterocycles. The highest BCUT2D eigenvalue weighted by molar-refractivity contribution is 7.58. The molecule has 1 aromatic rings. The van der Waals surface area contributed by atoms with Gasteiger partial charge in [-0.25, -0.2) is 4.57 Å². The zero-order chi connectivity index (χ0) is 13.3. The first kappa shape index (κ1) is 12.8. The molecule has 2 aliphatic rings. The van der Waals surface area contributed by atoms with E-state index in [-0.39, 0.29) is 0 Å². The number of benzene rings is 1. The normalized spacial score (nSPS) is 21.1. The van der Waals surface area contributed by atoms with Crippen molar-refractivity contribution < 1.29 is 13.6 Å². The number of hydrogen-bond donors (Lipinski definition) is 0. The molecule has 5 heteroatoms. The highest BCUT2D eigenvalue weighted by atomic mass is 35.5. The number of allylic oxidation sites excluding steroid dienone is 3. The van der Waals surface area contributed by atoms with Crippen molar-refractivity contribution in [3.8, 4) is 11.5 Å². The molecule has 1 heterocycles. The second-order valence-corrected chi connectivity index (χ2v) is 6.73. The smallest absolute Gasteiger partial charge is 0.409 e. The maximum Gasteiger partial charge on any atom is 0.457 e. The summed E-state index contributed by atoms with van der Waals surface area (Å²) in [6.07, 6.45) is 6.33. The van der Waals surface area contributed by atoms with Gasteiger partial charge in [0, 0.05) is 0 Å². The first-order chi connectivity index (χ1) is 9.16. The molecule has 19 heavy (non-hydrogen) atoms. The molecule has 0 fully saturated rings. The minimum absolute atomic E-state index is 0.482. The van der Waals surface area contributed by atoms with Crippen molar-refractivity contribution in [1.82, 2.24) is 0 Å². The van der Waals surface area contributed by atoms with Gasteiger partial charge in [0.15, 0.2) is 11.5 Å². The summed E-state index contributed by atoms with van der Waals surface area (Å²) in [6.45, 7) is 0. The van der Waals surface area contributed by atoms with Gasteiger partial charge in [0.2, 0.25) is 0 Å². The molecule has 1 aliphatic carbocycles. The fourth-order valence-corrected chi connectivity index (χ4v) is 4.19. The number of halogens is 1. The van der Waals surface area contributed by atoms with E-state index in [9.17, 15) is 4.57 Å². The Kier molecular flexibility index (Phi) is 3.42. The van der Waals surface area contributed by atoms with Crippen LogP contribution in [0.1, 0.15) is 25.7 Å². The summed E-state index contributed by atoms with van der Waals surface area (Å²) in [6, 6.07) is 7.09. The van der Waals surface area contributed by atoms with Crippen molar-refractivity contribution in [2.24, 2.45) is 0 Å². The summed E-state index contributed by atoms with van der Waals surface area (Å²) >= 11 is 6.23. The van der Waals surface area contributed by atoms with E-state index in [1.54, 1.807) is 12.1 Å². The second-order valence-electron chi connectivity index (χ2n) is 4.62. The Morgan fingerprint density at radius 2 is 1.89 bits per heavy atom. The van der Waals surface area contributed by atoms with Crippen molar-refractivity contribution in [1.29, 1.82) is 0 Å². The number of para-hydroxylation sites is 2. The van der Waals surface area contributed by atoms with Gasteiger partial charge in [-0.1, -0.05) is 29.8 Å². The van der Waals surface area contributed by atoms with Crippen LogP contribution < -0.4 is 9.05 Å². The molecule has 0 saturated heterocycles. The summed E-state index contributed by atoms with van der Waals surface area (Å²) in [5, 5.41) is 0.482. The van der Waals surface area contributed by atoms with Crippen LogP contribution in [0.2, 0.25) is 0 Å². The molecule has 0 bridgehead atoms. The van der Waals surface area contributed by atoms with Crippen molar-refractivity contribution in [3.63, 3.8) is 0 Å². The predicted octanol–water partition coefficient (Wildman–Crippen LogP) is 5.23. The molecular weight excluding hydrogens is 283 g/mol. The van der Waals surface area contributed by atoms with Crippen LogP contribution in [-0.2, 0) is 4.57 Å². The largest absolute Gasteiger partial charge is 0.457 e. The summed E-state index contributed by atoms with van der Waals surface area (Å²) in [4.78, 5) is 0. The second kappa shape index (κ2) is 5.07. The van der Waals surface area contributed by atoms with Crippen LogP contribution in [0, 0.1) is 0 Å². The monoisotopic (exact) mass is 296 g/mol. The highest BCUT2D eigenvalue weighted by Gasteiger charge is 2.34. The fraction of sp³-hybridized carbons (Fsp3) is 0.286. The number of fused-ring (bicyclic) bond motifs is 1. The van der Waals surface area contributed by atoms with Gasteiger partial charge in [-0.15, -0.1) is 0 Å². The van der Waals surface area contributed by atoms with E-state index in [4.69, 9.17) is 20.6 Å². The van der Waals surface area contributed by atoms with Gasteiger partial charge in [-0.3, -0.25) is 0 Å². The SMILES string of the molecule is O=P1(/C=C(\Cl)C2=CCCCC2)Oc2ccccc2O1. The highest BCUT2D eigenvalue weighted by Crippen LogP contribution is 2.60. The molecule has 0 saturated carbocycles. The Morgan fingerprint density at radius 3 is 2.47 bits per heavy atom. The van der Waals surface area contributed by atoms with Gasteiger partial charge in [0.1, 0.15) is 0 Å². The zero-order valence-corrected chi connectivity index (χ0v) is 12.0. The maximum absolute atomic E-state index is 12.5. The zero-order valence-electron chi connectivity index (χ0n) is 10.3. The molecular formula is C14H14ClO3P. The Labute approximate surface area is 117 Å². The molecule has 0 spiro atoms. The molecule has 0 unspecified atom stereocenters. The quantitative estimate of drug-likeness (QED) is 0.701. The van der Waals surface area contributed by atoms with E-state index in [1.165, 1.54) is 12.2 Å². The average Bonchev–Trinajstić information content (AvgIpc) is 2.75. The van der Waals surface area contributed by atoms with Crippen molar-refractivity contribution in [2.75, 3.05) is 0 Å². The third-order valence-corrected chi connectivity index (χ3v) is 5.15. The lowest BCUT2D eigenvalue weighted by Crippen LogP contribution is -1.94. The summed E-state index contributed by atoms with van der Waals surface area (Å²) in [5.74, 6) is 2.43. The van der Waals surface area contributed by atoms with Crippen LogP contribution in [0.25, 0.3) is 0 Å². The van der Waals surface area contributed by atoms with Crippen LogP contribution in [0.3, 0.4) is 0 Å². The van der Waals surface area contributed by atoms with Crippen LogP contribution >= 0.6 is 19.2 Å². The molecule has 0 amide bonds. The molecule has 100 valence electrons. The van der Waals surface area contributed by atoms with Crippen molar-refractivity contribution in [2.45, 2.75) is 25.7 Å². The van der Waals surface area contributed by atoms with Gasteiger partial charge in [-0.2, -0.15) is 0 Å². The Morgan fingerprint density at radius 1 is 1.21 bits per heavy atom. The average molecular weight is 297 g/mol. The molecule has 3 nitrogen and oxygen atoms in total. The molecule has 3 rings (SSSR count). The van der Waals surface area contributed by atoms with E-state index in [0.29, 0.717) is 16.5 Å². The number of hydrogen-bond acceptors (Lipinski definition) is 3. The first-order valence-corrected chi connectivity index (χ1v) is 8.31. The molecule has 1 aromatic carbocycles. The molecule has 0 radical (unpaired) electrons. The lowest BCUT2D eigenvalue weighted by atomic mass is 10.00. The van der Waals surface area contributed by atoms with Gasteiger partial charge in [-0.05, 0) is 43.4 Å². The van der Waals surface area contributed by atoms with Gasteiger partial charge in [0.05, 0.1) is 10.8 Å². The van der Waals surface area contributed by atoms with E-state index in [1.807, 2.05) is 12.1 Å². The third-order valence-electron chi connectivity index (χ3n) is 3.17. The lowest BCUT2D eigenvalue weighted by Gasteiger charge is -2.12. The maximum atomic E-state index is 12.5. The van der Waals surface area contributed by atoms with Crippen molar-refractivity contribution >= 4 is 19.2 Å². The standard InChI is InChI=1S/C14H14ClO3P/c15-12(11-6-2-1-3-7-11)10-19(16)17-13-8-4-5-9-14(13)18-19/h4-6,8-10H,1-3,7H2/b12-10-. The first-order valence-electron chi connectivity index (χ1n) is 6.32. The topological polar surface area (TPSA) is 35.5 Å². The Hall–Kier alpha value is -1.18. The van der Waals surface area contributed by atoms with Crippen molar-refractivity contribution in [3.05, 3.63) is 46.8 Å². The summed E-state index contributed by atoms with van der Waals surface area (Å²) in [5.41, 5.74) is 1.03. The van der Waals surface area contributed by atoms with Gasteiger partial charge in [0.25, 0.3) is 0 Å². The predicted molar refractivity (Wildman–Crippen MR) is 75.8 cm³/mol. The minimum atomic E-state index is -3.31. The van der Waals surface area contributed by atoms with E-state index < -0.39 is 7.60 Å². The molecule has 0 N–H and O–H groups in total. The van der Waals surface area contributed by atoms with E-state index in [2.05, 4.69) is 6.08 Å². The van der Waals surface area contributed by atoms with Gasteiger partial charge >= 0.3 is 7.60 Å². The van der Waals surface area contributed by atoms with E-state index in [0.717, 1.165) is 24.8 Å². The summed E-state index contributed by atoms with van der Waals surface area (Å²) in [7, 11) is -3.31. The Balaban J connectivity index is 1.84. The van der Waals surface area contributed by atoms with Crippen LogP contribution in [0.5, 0.6) is 11.5 Å².